The molecule has 1 aromatic carbocycles. The van der Waals surface area contributed by atoms with Crippen molar-refractivity contribution < 1.29 is 22.7 Å². The van der Waals surface area contributed by atoms with Crippen molar-refractivity contribution in [2.24, 2.45) is 5.92 Å². The Balaban J connectivity index is 1.56. The molecule has 0 radical (unpaired) electrons. The lowest BCUT2D eigenvalue weighted by Crippen LogP contribution is -2.38. The molecule has 1 N–H and O–H groups in total. The number of piperidine rings is 1. The molecule has 0 aliphatic carbocycles. The quantitative estimate of drug-likeness (QED) is 0.751. The Morgan fingerprint density at radius 2 is 1.93 bits per heavy atom. The molecular weight excluding hydrogens is 383 g/mol. The van der Waals surface area contributed by atoms with Crippen LogP contribution in [0, 0.1) is 5.92 Å². The monoisotopic (exact) mass is 407 g/mol. The minimum absolute atomic E-state index is 0.0717. The topological polar surface area (TPSA) is 54.5 Å². The highest BCUT2D eigenvalue weighted by molar-refractivity contribution is 5.94. The van der Waals surface area contributed by atoms with Crippen molar-refractivity contribution >= 4 is 17.4 Å². The number of carbonyl (C=O) groups excluding carboxylic acids is 1. The number of rotatable bonds is 6. The lowest BCUT2D eigenvalue weighted by molar-refractivity contribution is -0.137. The fourth-order valence-corrected chi connectivity index (χ4v) is 3.25. The molecule has 3 rings (SSSR count). The Morgan fingerprint density at radius 1 is 1.21 bits per heavy atom. The van der Waals surface area contributed by atoms with Crippen LogP contribution in [-0.2, 0) is 11.0 Å². The van der Waals surface area contributed by atoms with E-state index in [1.807, 2.05) is 36.1 Å². The van der Waals surface area contributed by atoms with Crippen molar-refractivity contribution in [1.29, 1.82) is 0 Å². The van der Waals surface area contributed by atoms with Gasteiger partial charge in [-0.25, -0.2) is 4.98 Å². The van der Waals surface area contributed by atoms with Crippen LogP contribution in [-0.4, -0.2) is 30.6 Å². The van der Waals surface area contributed by atoms with Crippen LogP contribution in [0.1, 0.15) is 31.7 Å². The molecule has 2 heterocycles. The average Bonchev–Trinajstić information content (AvgIpc) is 2.72. The van der Waals surface area contributed by atoms with Gasteiger partial charge < -0.3 is 15.0 Å². The second kappa shape index (κ2) is 9.15. The van der Waals surface area contributed by atoms with Gasteiger partial charge in [0.2, 0.25) is 5.91 Å². The van der Waals surface area contributed by atoms with Crippen LogP contribution in [0.4, 0.5) is 24.7 Å². The molecule has 0 bridgehead atoms. The number of alkyl halides is 3. The summed E-state index contributed by atoms with van der Waals surface area (Å²) in [5.41, 5.74) is -0.114. The van der Waals surface area contributed by atoms with Crippen LogP contribution in [0.2, 0.25) is 0 Å². The average molecular weight is 407 g/mol. The minimum atomic E-state index is -4.40. The molecular formula is C21H24F3N3O2. The highest BCUT2D eigenvalue weighted by atomic mass is 19.4. The molecule has 0 saturated carbocycles. The normalized spacial score (nSPS) is 15.2. The van der Waals surface area contributed by atoms with Gasteiger partial charge in [0, 0.05) is 25.2 Å². The van der Waals surface area contributed by atoms with Crippen LogP contribution in [0.15, 0.2) is 42.6 Å². The number of halogens is 3. The van der Waals surface area contributed by atoms with Gasteiger partial charge in [0.1, 0.15) is 11.6 Å². The number of carbonyl (C=O) groups is 1. The molecule has 1 saturated heterocycles. The van der Waals surface area contributed by atoms with Crippen LogP contribution < -0.4 is 15.0 Å². The number of hydrogen-bond acceptors (Lipinski definition) is 4. The second-order valence-electron chi connectivity index (χ2n) is 7.00. The van der Waals surface area contributed by atoms with E-state index in [1.54, 1.807) is 0 Å². The van der Waals surface area contributed by atoms with Gasteiger partial charge in [-0.15, -0.1) is 0 Å². The Morgan fingerprint density at radius 3 is 2.55 bits per heavy atom. The minimum Gasteiger partial charge on any atom is -0.491 e. The van der Waals surface area contributed by atoms with Crippen molar-refractivity contribution in [1.82, 2.24) is 4.98 Å². The van der Waals surface area contributed by atoms with Crippen LogP contribution in [0.25, 0.3) is 0 Å². The van der Waals surface area contributed by atoms with Gasteiger partial charge >= 0.3 is 6.18 Å². The summed E-state index contributed by atoms with van der Waals surface area (Å²) in [5.74, 6) is 0.904. The van der Waals surface area contributed by atoms with E-state index < -0.39 is 11.7 Å². The zero-order valence-electron chi connectivity index (χ0n) is 16.2. The van der Waals surface area contributed by atoms with Crippen molar-refractivity contribution in [3.63, 3.8) is 0 Å². The SMILES string of the molecule is CCCOc1ccccc1NC(=O)C1CCN(c2ccc(C(F)(F)F)cn2)CC1. The maximum Gasteiger partial charge on any atom is 0.417 e. The van der Waals surface area contributed by atoms with E-state index >= 15 is 0 Å². The Bertz CT molecular complexity index is 817. The third-order valence-electron chi connectivity index (χ3n) is 4.87. The summed E-state index contributed by atoms with van der Waals surface area (Å²) in [7, 11) is 0. The maximum atomic E-state index is 12.7. The summed E-state index contributed by atoms with van der Waals surface area (Å²) in [4.78, 5) is 18.5. The second-order valence-corrected chi connectivity index (χ2v) is 7.00. The fourth-order valence-electron chi connectivity index (χ4n) is 3.25. The Labute approximate surface area is 167 Å². The summed E-state index contributed by atoms with van der Waals surface area (Å²) < 4.78 is 43.7. The fraction of sp³-hybridized carbons (Fsp3) is 0.429. The number of anilines is 2. The molecule has 2 aromatic rings. The number of nitrogens with zero attached hydrogens (tertiary/aromatic N) is 2. The molecule has 1 fully saturated rings. The molecule has 1 aliphatic rings. The van der Waals surface area contributed by atoms with E-state index in [4.69, 9.17) is 4.74 Å². The van der Waals surface area contributed by atoms with E-state index in [1.165, 1.54) is 6.07 Å². The first-order valence-corrected chi connectivity index (χ1v) is 9.69. The molecule has 156 valence electrons. The predicted molar refractivity (Wildman–Crippen MR) is 105 cm³/mol. The summed E-state index contributed by atoms with van der Waals surface area (Å²) in [6.07, 6.45) is -1.47. The number of ether oxygens (including phenoxy) is 1. The largest absolute Gasteiger partial charge is 0.491 e. The van der Waals surface area contributed by atoms with Gasteiger partial charge in [0.15, 0.2) is 0 Å². The number of aromatic nitrogens is 1. The summed E-state index contributed by atoms with van der Waals surface area (Å²) in [6, 6.07) is 9.75. The van der Waals surface area contributed by atoms with E-state index in [0.29, 0.717) is 49.8 Å². The maximum absolute atomic E-state index is 12.7. The third kappa shape index (κ3) is 5.40. The van der Waals surface area contributed by atoms with Crippen LogP contribution in [0.5, 0.6) is 5.75 Å². The number of para-hydroxylation sites is 2. The lowest BCUT2D eigenvalue weighted by atomic mass is 9.95. The van der Waals surface area contributed by atoms with Crippen molar-refractivity contribution in [2.75, 3.05) is 29.9 Å². The number of nitrogens with one attached hydrogen (secondary N) is 1. The molecule has 0 atom stereocenters. The summed E-state index contributed by atoms with van der Waals surface area (Å²) in [5, 5.41) is 2.94. The number of pyridine rings is 1. The van der Waals surface area contributed by atoms with Crippen molar-refractivity contribution in [3.05, 3.63) is 48.2 Å². The Kier molecular flexibility index (Phi) is 6.61. The van der Waals surface area contributed by atoms with Gasteiger partial charge in [0.05, 0.1) is 17.9 Å². The van der Waals surface area contributed by atoms with Crippen molar-refractivity contribution in [2.45, 2.75) is 32.4 Å². The van der Waals surface area contributed by atoms with Crippen LogP contribution >= 0.6 is 0 Å². The highest BCUT2D eigenvalue weighted by Crippen LogP contribution is 2.31. The summed E-state index contributed by atoms with van der Waals surface area (Å²) >= 11 is 0. The molecule has 29 heavy (non-hydrogen) atoms. The molecule has 5 nitrogen and oxygen atoms in total. The first-order chi connectivity index (χ1) is 13.9. The lowest BCUT2D eigenvalue weighted by Gasteiger charge is -2.32. The van der Waals surface area contributed by atoms with Crippen LogP contribution in [0.3, 0.4) is 0 Å². The Hall–Kier alpha value is -2.77. The zero-order valence-corrected chi connectivity index (χ0v) is 16.2. The van der Waals surface area contributed by atoms with E-state index in [-0.39, 0.29) is 11.8 Å². The molecule has 0 unspecified atom stereocenters. The summed E-state index contributed by atoms with van der Waals surface area (Å²) in [6.45, 7) is 3.71. The first-order valence-electron chi connectivity index (χ1n) is 9.69. The third-order valence-corrected chi connectivity index (χ3v) is 4.87. The molecule has 8 heteroatoms. The van der Waals surface area contributed by atoms with Gasteiger partial charge in [-0.05, 0) is 43.5 Å². The first kappa shape index (κ1) is 21.0. The molecule has 1 aliphatic heterocycles. The highest BCUT2D eigenvalue weighted by Gasteiger charge is 2.31. The van der Waals surface area contributed by atoms with Crippen molar-refractivity contribution in [3.8, 4) is 5.75 Å². The van der Waals surface area contributed by atoms with E-state index in [2.05, 4.69) is 10.3 Å². The van der Waals surface area contributed by atoms with Gasteiger partial charge in [-0.3, -0.25) is 4.79 Å². The number of benzene rings is 1. The van der Waals surface area contributed by atoms with Gasteiger partial charge in [-0.1, -0.05) is 19.1 Å². The van der Waals surface area contributed by atoms with E-state index in [0.717, 1.165) is 18.7 Å². The molecule has 1 aromatic heterocycles. The zero-order chi connectivity index (χ0) is 20.9. The van der Waals surface area contributed by atoms with Gasteiger partial charge in [0.25, 0.3) is 0 Å². The smallest absolute Gasteiger partial charge is 0.417 e. The van der Waals surface area contributed by atoms with E-state index in [9.17, 15) is 18.0 Å². The van der Waals surface area contributed by atoms with Gasteiger partial charge in [-0.2, -0.15) is 13.2 Å². The number of hydrogen-bond donors (Lipinski definition) is 1. The number of amides is 1. The molecule has 0 spiro atoms. The standard InChI is InChI=1S/C21H24F3N3O2/c1-2-13-29-18-6-4-3-5-17(18)26-20(28)15-9-11-27(12-10-15)19-8-7-16(14-25-19)21(22,23)24/h3-8,14-15H,2,9-13H2,1H3,(H,26,28). The molecule has 1 amide bonds. The predicted octanol–water partition coefficient (Wildman–Crippen LogP) is 4.74.